The summed E-state index contributed by atoms with van der Waals surface area (Å²) in [7, 11) is 0. The number of rotatable bonds is 1. The van der Waals surface area contributed by atoms with Crippen LogP contribution in [0.4, 0.5) is 0 Å². The molecule has 1 unspecified atom stereocenters. The molecule has 1 aliphatic rings. The quantitative estimate of drug-likeness (QED) is 0.595. The average molecular weight is 214 g/mol. The van der Waals surface area contributed by atoms with Crippen LogP contribution < -0.4 is 0 Å². The SMILES string of the molecule is CC1=CC=CN=C(CBr)C1C. The summed E-state index contributed by atoms with van der Waals surface area (Å²) < 4.78 is 0. The third-order valence-electron chi connectivity index (χ3n) is 2.01. The molecular formula is C9H12BrN. The van der Waals surface area contributed by atoms with Gasteiger partial charge in [-0.05, 0) is 13.0 Å². The third-order valence-corrected chi connectivity index (χ3v) is 2.58. The van der Waals surface area contributed by atoms with E-state index >= 15 is 0 Å². The van der Waals surface area contributed by atoms with E-state index in [1.54, 1.807) is 0 Å². The van der Waals surface area contributed by atoms with Crippen LogP contribution in [0.3, 0.4) is 0 Å². The Balaban J connectivity index is 2.88. The number of aliphatic imine (C=N–C) groups is 1. The van der Waals surface area contributed by atoms with Gasteiger partial charge in [0, 0.05) is 23.2 Å². The highest BCUT2D eigenvalue weighted by molar-refractivity contribution is 9.09. The largest absolute Gasteiger partial charge is 0.264 e. The molecule has 1 atom stereocenters. The Labute approximate surface area is 76.0 Å². The second-order valence-electron chi connectivity index (χ2n) is 2.73. The Hall–Kier alpha value is -0.370. The zero-order valence-electron chi connectivity index (χ0n) is 6.84. The molecule has 1 nitrogen and oxygen atoms in total. The first-order chi connectivity index (χ1) is 5.25. The molecule has 0 saturated carbocycles. The Morgan fingerprint density at radius 2 is 2.36 bits per heavy atom. The molecule has 0 bridgehead atoms. The monoisotopic (exact) mass is 213 g/mol. The number of alkyl halides is 1. The van der Waals surface area contributed by atoms with Crippen molar-refractivity contribution in [2.75, 3.05) is 5.33 Å². The van der Waals surface area contributed by atoms with Crippen LogP contribution in [0.2, 0.25) is 0 Å². The molecule has 0 aromatic carbocycles. The Kier molecular flexibility index (Phi) is 3.06. The maximum atomic E-state index is 4.31. The van der Waals surface area contributed by atoms with E-state index in [0.717, 1.165) is 5.33 Å². The molecular weight excluding hydrogens is 202 g/mol. The molecule has 0 amide bonds. The van der Waals surface area contributed by atoms with Crippen molar-refractivity contribution < 1.29 is 0 Å². The normalized spacial score (nSPS) is 24.1. The van der Waals surface area contributed by atoms with Crippen LogP contribution in [-0.2, 0) is 0 Å². The number of halogens is 1. The van der Waals surface area contributed by atoms with Gasteiger partial charge in [0.25, 0.3) is 0 Å². The maximum Gasteiger partial charge on any atom is 0.0423 e. The van der Waals surface area contributed by atoms with Crippen molar-refractivity contribution in [2.24, 2.45) is 10.9 Å². The molecule has 0 spiro atoms. The topological polar surface area (TPSA) is 12.4 Å². The molecule has 0 fully saturated rings. The smallest absolute Gasteiger partial charge is 0.0423 e. The van der Waals surface area contributed by atoms with Crippen LogP contribution in [0, 0.1) is 5.92 Å². The third kappa shape index (κ3) is 2.03. The molecule has 0 aromatic heterocycles. The Morgan fingerprint density at radius 1 is 1.64 bits per heavy atom. The summed E-state index contributed by atoms with van der Waals surface area (Å²) in [6.07, 6.45) is 5.95. The lowest BCUT2D eigenvalue weighted by Crippen LogP contribution is -2.12. The summed E-state index contributed by atoms with van der Waals surface area (Å²) in [5.74, 6) is 0.476. The zero-order valence-corrected chi connectivity index (χ0v) is 8.43. The number of allylic oxidation sites excluding steroid dienone is 3. The van der Waals surface area contributed by atoms with Gasteiger partial charge >= 0.3 is 0 Å². The maximum absolute atomic E-state index is 4.31. The van der Waals surface area contributed by atoms with E-state index in [1.165, 1.54) is 11.3 Å². The fourth-order valence-corrected chi connectivity index (χ4v) is 1.63. The van der Waals surface area contributed by atoms with E-state index in [2.05, 4.69) is 40.8 Å². The standard InChI is InChI=1S/C9H12BrN/c1-7-4-3-5-11-9(6-10)8(7)2/h3-5,8H,6H2,1-2H3. The van der Waals surface area contributed by atoms with Gasteiger partial charge in [-0.1, -0.05) is 34.5 Å². The number of nitrogens with zero attached hydrogens (tertiary/aromatic N) is 1. The zero-order chi connectivity index (χ0) is 8.27. The Morgan fingerprint density at radius 3 is 3.00 bits per heavy atom. The predicted molar refractivity (Wildman–Crippen MR) is 53.3 cm³/mol. The van der Waals surface area contributed by atoms with E-state index in [4.69, 9.17) is 0 Å². The molecule has 0 radical (unpaired) electrons. The van der Waals surface area contributed by atoms with Crippen LogP contribution >= 0.6 is 15.9 Å². The summed E-state index contributed by atoms with van der Waals surface area (Å²) in [5, 5.41) is 0.865. The lowest BCUT2D eigenvalue weighted by Gasteiger charge is -2.10. The Bertz CT molecular complexity index is 226. The van der Waals surface area contributed by atoms with Crippen molar-refractivity contribution in [1.29, 1.82) is 0 Å². The van der Waals surface area contributed by atoms with Crippen molar-refractivity contribution in [1.82, 2.24) is 0 Å². The summed E-state index contributed by atoms with van der Waals surface area (Å²) in [5.41, 5.74) is 2.57. The van der Waals surface area contributed by atoms with E-state index < -0.39 is 0 Å². The van der Waals surface area contributed by atoms with Gasteiger partial charge in [-0.25, -0.2) is 0 Å². The average Bonchev–Trinajstić information content (AvgIpc) is 2.16. The minimum Gasteiger partial charge on any atom is -0.264 e. The fourth-order valence-electron chi connectivity index (χ4n) is 1.00. The summed E-state index contributed by atoms with van der Waals surface area (Å²) in [6, 6.07) is 0. The van der Waals surface area contributed by atoms with Gasteiger partial charge in [-0.15, -0.1) is 0 Å². The minimum absolute atomic E-state index is 0.476. The molecule has 0 aromatic rings. The van der Waals surface area contributed by atoms with Crippen LogP contribution in [0.1, 0.15) is 13.8 Å². The molecule has 0 aliphatic carbocycles. The van der Waals surface area contributed by atoms with Gasteiger partial charge in [0.1, 0.15) is 0 Å². The van der Waals surface area contributed by atoms with E-state index in [1.807, 2.05) is 12.3 Å². The van der Waals surface area contributed by atoms with E-state index in [0.29, 0.717) is 5.92 Å². The van der Waals surface area contributed by atoms with Crippen molar-refractivity contribution in [3.05, 3.63) is 23.9 Å². The molecule has 1 aliphatic heterocycles. The summed E-state index contributed by atoms with van der Waals surface area (Å²) in [4.78, 5) is 4.31. The highest BCUT2D eigenvalue weighted by Crippen LogP contribution is 2.15. The number of hydrogen-bond donors (Lipinski definition) is 0. The second-order valence-corrected chi connectivity index (χ2v) is 3.29. The van der Waals surface area contributed by atoms with E-state index in [-0.39, 0.29) is 0 Å². The van der Waals surface area contributed by atoms with E-state index in [9.17, 15) is 0 Å². The molecule has 60 valence electrons. The first-order valence-corrected chi connectivity index (χ1v) is 4.83. The summed E-state index contributed by atoms with van der Waals surface area (Å²) >= 11 is 3.42. The molecule has 1 rings (SSSR count). The lowest BCUT2D eigenvalue weighted by atomic mass is 9.98. The van der Waals surface area contributed by atoms with Gasteiger partial charge in [0.15, 0.2) is 0 Å². The fraction of sp³-hybridized carbons (Fsp3) is 0.444. The molecule has 11 heavy (non-hydrogen) atoms. The van der Waals surface area contributed by atoms with Gasteiger partial charge in [-0.3, -0.25) is 4.99 Å². The first-order valence-electron chi connectivity index (χ1n) is 3.71. The predicted octanol–water partition coefficient (Wildman–Crippen LogP) is 2.93. The van der Waals surface area contributed by atoms with Gasteiger partial charge in [-0.2, -0.15) is 0 Å². The van der Waals surface area contributed by atoms with Gasteiger partial charge < -0.3 is 0 Å². The highest BCUT2D eigenvalue weighted by Gasteiger charge is 2.11. The highest BCUT2D eigenvalue weighted by atomic mass is 79.9. The van der Waals surface area contributed by atoms with Crippen LogP contribution in [0.15, 0.2) is 28.9 Å². The number of hydrogen-bond acceptors (Lipinski definition) is 1. The molecule has 1 heterocycles. The van der Waals surface area contributed by atoms with Gasteiger partial charge in [0.05, 0.1) is 0 Å². The summed E-state index contributed by atoms with van der Waals surface area (Å²) in [6.45, 7) is 4.32. The second kappa shape index (κ2) is 3.86. The van der Waals surface area contributed by atoms with Gasteiger partial charge in [0.2, 0.25) is 0 Å². The van der Waals surface area contributed by atoms with Crippen LogP contribution in [0.5, 0.6) is 0 Å². The molecule has 0 saturated heterocycles. The van der Waals surface area contributed by atoms with Crippen LogP contribution in [-0.4, -0.2) is 11.0 Å². The molecule has 2 heteroatoms. The molecule has 0 N–H and O–H groups in total. The minimum atomic E-state index is 0.476. The van der Waals surface area contributed by atoms with Crippen molar-refractivity contribution >= 4 is 21.6 Å². The van der Waals surface area contributed by atoms with Crippen molar-refractivity contribution in [3.63, 3.8) is 0 Å². The van der Waals surface area contributed by atoms with Crippen LogP contribution in [0.25, 0.3) is 0 Å². The van der Waals surface area contributed by atoms with Crippen molar-refractivity contribution in [3.8, 4) is 0 Å². The first kappa shape index (κ1) is 8.72. The lowest BCUT2D eigenvalue weighted by molar-refractivity contribution is 0.913. The van der Waals surface area contributed by atoms with Crippen molar-refractivity contribution in [2.45, 2.75) is 13.8 Å².